The molecule has 4 heteroatoms. The monoisotopic (exact) mass is 209 g/mol. The van der Waals surface area contributed by atoms with Crippen LogP contribution >= 0.6 is 0 Å². The molecular formula is C10H11NO2S. The van der Waals surface area contributed by atoms with Crippen LogP contribution in [0, 0.1) is 11.8 Å². The van der Waals surface area contributed by atoms with E-state index in [1.165, 1.54) is 0 Å². The average Bonchev–Trinajstić information content (AvgIpc) is 2.19. The van der Waals surface area contributed by atoms with Crippen LogP contribution in [0.1, 0.15) is 0 Å². The summed E-state index contributed by atoms with van der Waals surface area (Å²) >= 11 is 0. The maximum Gasteiger partial charge on any atom is 0.189 e. The second-order valence-corrected chi connectivity index (χ2v) is 4.62. The van der Waals surface area contributed by atoms with Gasteiger partial charge in [0.05, 0.1) is 11.4 Å². The molecule has 0 radical (unpaired) electrons. The molecule has 0 aliphatic carbocycles. The molecule has 0 saturated heterocycles. The molecule has 0 atom stereocenters. The zero-order chi connectivity index (χ0) is 10.4. The first-order chi connectivity index (χ1) is 6.67. The van der Waals surface area contributed by atoms with Gasteiger partial charge in [-0.15, -0.1) is 0 Å². The van der Waals surface area contributed by atoms with Gasteiger partial charge in [-0.3, -0.25) is 0 Å². The van der Waals surface area contributed by atoms with E-state index in [0.29, 0.717) is 4.90 Å². The highest BCUT2D eigenvalue weighted by Gasteiger charge is 2.10. The number of rotatable bonds is 2. The van der Waals surface area contributed by atoms with Crippen molar-refractivity contribution in [2.45, 2.75) is 4.90 Å². The fraction of sp³-hybridized carbons (Fsp3) is 0.200. The summed E-state index contributed by atoms with van der Waals surface area (Å²) < 4.78 is 23.1. The number of hydrogen-bond donors (Lipinski definition) is 1. The van der Waals surface area contributed by atoms with Crippen molar-refractivity contribution in [3.63, 3.8) is 0 Å². The van der Waals surface area contributed by atoms with Crippen molar-refractivity contribution >= 4 is 9.84 Å². The summed E-state index contributed by atoms with van der Waals surface area (Å²) in [5.41, 5.74) is 5.13. The zero-order valence-corrected chi connectivity index (χ0v) is 8.42. The second kappa shape index (κ2) is 4.80. The van der Waals surface area contributed by atoms with Crippen LogP contribution in [0.5, 0.6) is 0 Å². The molecule has 0 aliphatic heterocycles. The highest BCUT2D eigenvalue weighted by atomic mass is 32.2. The van der Waals surface area contributed by atoms with Crippen LogP contribution in [0.2, 0.25) is 0 Å². The highest BCUT2D eigenvalue weighted by molar-refractivity contribution is 7.91. The first kappa shape index (κ1) is 10.8. The summed E-state index contributed by atoms with van der Waals surface area (Å²) in [5, 5.41) is 0. The first-order valence-electron chi connectivity index (χ1n) is 4.10. The van der Waals surface area contributed by atoms with E-state index in [1.807, 2.05) is 0 Å². The van der Waals surface area contributed by atoms with E-state index >= 15 is 0 Å². The number of benzene rings is 1. The molecule has 3 nitrogen and oxygen atoms in total. The molecule has 74 valence electrons. The molecule has 0 amide bonds. The third-order valence-corrected chi connectivity index (χ3v) is 3.11. The molecule has 0 fully saturated rings. The zero-order valence-electron chi connectivity index (χ0n) is 7.60. The van der Waals surface area contributed by atoms with Gasteiger partial charge in [0.25, 0.3) is 0 Å². The van der Waals surface area contributed by atoms with Gasteiger partial charge in [-0.2, -0.15) is 0 Å². The summed E-state index contributed by atoms with van der Waals surface area (Å²) in [6.45, 7) is 0.185. The highest BCUT2D eigenvalue weighted by Crippen LogP contribution is 2.08. The van der Waals surface area contributed by atoms with Crippen LogP contribution in [0.3, 0.4) is 0 Å². The Bertz CT molecular complexity index is 440. The lowest BCUT2D eigenvalue weighted by Gasteiger charge is -1.98. The quantitative estimate of drug-likeness (QED) is 0.718. The van der Waals surface area contributed by atoms with Gasteiger partial charge in [-0.1, -0.05) is 30.0 Å². The molecule has 1 aromatic carbocycles. The van der Waals surface area contributed by atoms with Gasteiger partial charge in [0, 0.05) is 0 Å². The lowest BCUT2D eigenvalue weighted by Crippen LogP contribution is -2.05. The van der Waals surface area contributed by atoms with Gasteiger partial charge in [0.2, 0.25) is 0 Å². The van der Waals surface area contributed by atoms with E-state index in [2.05, 4.69) is 11.8 Å². The molecule has 0 unspecified atom stereocenters. The summed E-state index contributed by atoms with van der Waals surface area (Å²) in [4.78, 5) is 0.298. The molecule has 1 aromatic rings. The minimum absolute atomic E-state index is 0.172. The molecule has 1 rings (SSSR count). The van der Waals surface area contributed by atoms with Gasteiger partial charge in [-0.25, -0.2) is 8.42 Å². The van der Waals surface area contributed by atoms with Crippen molar-refractivity contribution in [3.05, 3.63) is 30.3 Å². The molecule has 0 heterocycles. The Kier molecular flexibility index (Phi) is 3.69. The maximum absolute atomic E-state index is 11.6. The number of nitrogens with two attached hydrogens (primary N) is 1. The van der Waals surface area contributed by atoms with Gasteiger partial charge >= 0.3 is 0 Å². The van der Waals surface area contributed by atoms with E-state index in [1.54, 1.807) is 30.3 Å². The third kappa shape index (κ3) is 2.87. The Labute approximate surface area is 83.9 Å². The standard InChI is InChI=1S/C10H11NO2S/c11-8-4-5-9-14(12,13)10-6-2-1-3-7-10/h1-3,6-7H,8-9,11H2. The summed E-state index contributed by atoms with van der Waals surface area (Å²) in [5.74, 6) is 4.86. The van der Waals surface area contributed by atoms with Crippen molar-refractivity contribution in [2.75, 3.05) is 12.3 Å². The van der Waals surface area contributed by atoms with E-state index < -0.39 is 9.84 Å². The van der Waals surface area contributed by atoms with Crippen LogP contribution in [0.4, 0.5) is 0 Å². The number of hydrogen-bond acceptors (Lipinski definition) is 3. The lowest BCUT2D eigenvalue weighted by atomic mass is 10.4. The third-order valence-electron chi connectivity index (χ3n) is 1.59. The lowest BCUT2D eigenvalue weighted by molar-refractivity contribution is 0.599. The molecule has 14 heavy (non-hydrogen) atoms. The van der Waals surface area contributed by atoms with Crippen molar-refractivity contribution in [3.8, 4) is 11.8 Å². The SMILES string of the molecule is NCC#CCS(=O)(=O)c1ccccc1. The minimum Gasteiger partial charge on any atom is -0.320 e. The van der Waals surface area contributed by atoms with Gasteiger partial charge in [0.15, 0.2) is 9.84 Å². The summed E-state index contributed by atoms with van der Waals surface area (Å²) in [6.07, 6.45) is 0. The van der Waals surface area contributed by atoms with Gasteiger partial charge in [-0.05, 0) is 12.1 Å². The molecule has 0 aliphatic rings. The van der Waals surface area contributed by atoms with Crippen LogP contribution in [-0.4, -0.2) is 20.7 Å². The molecule has 0 spiro atoms. The summed E-state index contributed by atoms with van der Waals surface area (Å²) in [6, 6.07) is 8.25. The Morgan fingerprint density at radius 2 is 1.79 bits per heavy atom. The predicted octanol–water partition coefficient (Wildman–Crippen LogP) is 0.422. The average molecular weight is 209 g/mol. The molecule has 0 saturated carbocycles. The van der Waals surface area contributed by atoms with Crippen molar-refractivity contribution < 1.29 is 8.42 Å². The topological polar surface area (TPSA) is 60.2 Å². The van der Waals surface area contributed by atoms with Crippen molar-refractivity contribution in [1.29, 1.82) is 0 Å². The Hall–Kier alpha value is -1.31. The van der Waals surface area contributed by atoms with E-state index in [9.17, 15) is 8.42 Å². The van der Waals surface area contributed by atoms with E-state index in [4.69, 9.17) is 5.73 Å². The van der Waals surface area contributed by atoms with Gasteiger partial charge in [0.1, 0.15) is 5.75 Å². The normalized spacial score (nSPS) is 10.4. The summed E-state index contributed by atoms with van der Waals surface area (Å²) in [7, 11) is -3.26. The van der Waals surface area contributed by atoms with Crippen LogP contribution in [0.15, 0.2) is 35.2 Å². The fourth-order valence-electron chi connectivity index (χ4n) is 0.929. The Morgan fingerprint density at radius 3 is 2.36 bits per heavy atom. The molecule has 0 aromatic heterocycles. The Morgan fingerprint density at radius 1 is 1.14 bits per heavy atom. The predicted molar refractivity (Wildman–Crippen MR) is 55.3 cm³/mol. The van der Waals surface area contributed by atoms with Crippen molar-refractivity contribution in [1.82, 2.24) is 0 Å². The van der Waals surface area contributed by atoms with Crippen LogP contribution < -0.4 is 5.73 Å². The Balaban J connectivity index is 2.87. The molecule has 2 N–H and O–H groups in total. The van der Waals surface area contributed by atoms with Crippen molar-refractivity contribution in [2.24, 2.45) is 5.73 Å². The van der Waals surface area contributed by atoms with Crippen LogP contribution in [-0.2, 0) is 9.84 Å². The fourth-order valence-corrected chi connectivity index (χ4v) is 1.96. The molecular weight excluding hydrogens is 198 g/mol. The molecule has 0 bridgehead atoms. The first-order valence-corrected chi connectivity index (χ1v) is 5.75. The van der Waals surface area contributed by atoms with Gasteiger partial charge < -0.3 is 5.73 Å². The second-order valence-electron chi connectivity index (χ2n) is 2.63. The van der Waals surface area contributed by atoms with E-state index in [-0.39, 0.29) is 12.3 Å². The maximum atomic E-state index is 11.6. The smallest absolute Gasteiger partial charge is 0.189 e. The van der Waals surface area contributed by atoms with E-state index in [0.717, 1.165) is 0 Å². The minimum atomic E-state index is -3.26. The number of sulfone groups is 1. The largest absolute Gasteiger partial charge is 0.320 e. The van der Waals surface area contributed by atoms with Crippen LogP contribution in [0.25, 0.3) is 0 Å².